The number of aromatic carboxylic acids is 1. The van der Waals surface area contributed by atoms with Crippen molar-refractivity contribution < 1.29 is 14.6 Å². The second kappa shape index (κ2) is 6.99. The fraction of sp³-hybridized carbons (Fsp3) is 0.133. The normalized spacial score (nSPS) is 10.3. The molecular formula is C15H13IO3S. The van der Waals surface area contributed by atoms with E-state index in [-0.39, 0.29) is 0 Å². The molecule has 0 saturated heterocycles. The van der Waals surface area contributed by atoms with Crippen LogP contribution in [0, 0.1) is 3.57 Å². The maximum Gasteiger partial charge on any atom is 0.336 e. The van der Waals surface area contributed by atoms with E-state index in [1.165, 1.54) is 20.9 Å². The Balaban J connectivity index is 2.21. The molecule has 0 radical (unpaired) electrons. The topological polar surface area (TPSA) is 46.5 Å². The standard InChI is InChI=1S/C15H13IO3S/c1-19-12-5-6-13(15(17)18)14(8-12)20-9-10-3-2-4-11(16)7-10/h2-8H,9H2,1H3,(H,17,18). The number of hydrogen-bond acceptors (Lipinski definition) is 3. The molecule has 0 unspecified atom stereocenters. The maximum atomic E-state index is 11.2. The van der Waals surface area contributed by atoms with Crippen LogP contribution in [0.15, 0.2) is 47.4 Å². The summed E-state index contributed by atoms with van der Waals surface area (Å²) >= 11 is 3.77. The summed E-state index contributed by atoms with van der Waals surface area (Å²) in [6.07, 6.45) is 0. The van der Waals surface area contributed by atoms with Gasteiger partial charge < -0.3 is 9.84 Å². The quantitative estimate of drug-likeness (QED) is 0.601. The first kappa shape index (κ1) is 15.2. The van der Waals surface area contributed by atoms with Gasteiger partial charge in [-0.2, -0.15) is 0 Å². The van der Waals surface area contributed by atoms with Gasteiger partial charge in [-0.1, -0.05) is 12.1 Å². The molecule has 2 rings (SSSR count). The van der Waals surface area contributed by atoms with E-state index in [1.54, 1.807) is 25.3 Å². The molecule has 0 aromatic heterocycles. The molecule has 0 amide bonds. The molecule has 2 aromatic carbocycles. The summed E-state index contributed by atoms with van der Waals surface area (Å²) in [7, 11) is 1.57. The Morgan fingerprint density at radius 1 is 1.30 bits per heavy atom. The Morgan fingerprint density at radius 2 is 2.10 bits per heavy atom. The summed E-state index contributed by atoms with van der Waals surface area (Å²) in [5.74, 6) is 0.475. The third-order valence-corrected chi connectivity index (χ3v) is 4.50. The van der Waals surface area contributed by atoms with Gasteiger partial charge in [0.25, 0.3) is 0 Å². The SMILES string of the molecule is COc1ccc(C(=O)O)c(SCc2cccc(I)c2)c1. The molecule has 3 nitrogen and oxygen atoms in total. The van der Waals surface area contributed by atoms with Crippen molar-refractivity contribution in [3.8, 4) is 5.75 Å². The van der Waals surface area contributed by atoms with Crippen molar-refractivity contribution in [1.82, 2.24) is 0 Å². The van der Waals surface area contributed by atoms with Gasteiger partial charge in [0.15, 0.2) is 0 Å². The molecule has 0 aliphatic carbocycles. The largest absolute Gasteiger partial charge is 0.497 e. The second-order valence-corrected chi connectivity index (χ2v) is 6.35. The summed E-state index contributed by atoms with van der Waals surface area (Å²) < 4.78 is 6.32. The van der Waals surface area contributed by atoms with E-state index in [2.05, 4.69) is 28.7 Å². The van der Waals surface area contributed by atoms with Crippen LogP contribution >= 0.6 is 34.4 Å². The smallest absolute Gasteiger partial charge is 0.336 e. The van der Waals surface area contributed by atoms with Crippen molar-refractivity contribution in [2.24, 2.45) is 0 Å². The number of rotatable bonds is 5. The van der Waals surface area contributed by atoms with Crippen LogP contribution in [-0.2, 0) is 5.75 Å². The maximum absolute atomic E-state index is 11.2. The van der Waals surface area contributed by atoms with E-state index in [0.29, 0.717) is 11.3 Å². The van der Waals surface area contributed by atoms with Crippen LogP contribution in [0.2, 0.25) is 0 Å². The van der Waals surface area contributed by atoms with E-state index >= 15 is 0 Å². The molecule has 104 valence electrons. The van der Waals surface area contributed by atoms with Gasteiger partial charge in [0.2, 0.25) is 0 Å². The molecule has 0 bridgehead atoms. The van der Waals surface area contributed by atoms with Gasteiger partial charge >= 0.3 is 5.97 Å². The van der Waals surface area contributed by atoms with E-state index in [1.807, 2.05) is 18.2 Å². The summed E-state index contributed by atoms with van der Waals surface area (Å²) in [5.41, 5.74) is 1.47. The first-order valence-corrected chi connectivity index (χ1v) is 7.95. The summed E-state index contributed by atoms with van der Waals surface area (Å²) in [4.78, 5) is 11.9. The van der Waals surface area contributed by atoms with Gasteiger partial charge in [-0.05, 0) is 58.5 Å². The molecule has 20 heavy (non-hydrogen) atoms. The van der Waals surface area contributed by atoms with E-state index in [9.17, 15) is 9.90 Å². The third kappa shape index (κ3) is 3.89. The van der Waals surface area contributed by atoms with Crippen LogP contribution in [0.5, 0.6) is 5.75 Å². The highest BCUT2D eigenvalue weighted by Crippen LogP contribution is 2.30. The molecule has 0 atom stereocenters. The van der Waals surface area contributed by atoms with Gasteiger partial charge in [-0.15, -0.1) is 11.8 Å². The number of benzene rings is 2. The van der Waals surface area contributed by atoms with Crippen molar-refractivity contribution in [1.29, 1.82) is 0 Å². The highest BCUT2D eigenvalue weighted by atomic mass is 127. The van der Waals surface area contributed by atoms with Crippen LogP contribution < -0.4 is 4.74 Å². The van der Waals surface area contributed by atoms with Crippen LogP contribution in [0.4, 0.5) is 0 Å². The van der Waals surface area contributed by atoms with Crippen molar-refractivity contribution in [3.63, 3.8) is 0 Å². The lowest BCUT2D eigenvalue weighted by molar-refractivity contribution is 0.0693. The molecular weight excluding hydrogens is 387 g/mol. The van der Waals surface area contributed by atoms with E-state index in [4.69, 9.17) is 4.74 Å². The molecule has 0 fully saturated rings. The van der Waals surface area contributed by atoms with Crippen LogP contribution in [0.3, 0.4) is 0 Å². The average molecular weight is 400 g/mol. The Kier molecular flexibility index (Phi) is 5.31. The van der Waals surface area contributed by atoms with Crippen molar-refractivity contribution in [3.05, 3.63) is 57.2 Å². The van der Waals surface area contributed by atoms with Gasteiger partial charge in [-0.3, -0.25) is 0 Å². The van der Waals surface area contributed by atoms with Gasteiger partial charge in [0.1, 0.15) is 5.75 Å². The Morgan fingerprint density at radius 3 is 2.75 bits per heavy atom. The summed E-state index contributed by atoms with van der Waals surface area (Å²) in [6, 6.07) is 13.2. The van der Waals surface area contributed by atoms with E-state index in [0.717, 1.165) is 10.6 Å². The summed E-state index contributed by atoms with van der Waals surface area (Å²) in [5, 5.41) is 9.22. The average Bonchev–Trinajstić information content (AvgIpc) is 2.44. The lowest BCUT2D eigenvalue weighted by atomic mass is 10.2. The first-order chi connectivity index (χ1) is 9.60. The third-order valence-electron chi connectivity index (χ3n) is 2.70. The molecule has 1 N–H and O–H groups in total. The molecule has 2 aromatic rings. The molecule has 5 heteroatoms. The molecule has 0 aliphatic rings. The fourth-order valence-electron chi connectivity index (χ4n) is 1.71. The minimum absolute atomic E-state index is 0.307. The molecule has 0 spiro atoms. The van der Waals surface area contributed by atoms with E-state index < -0.39 is 5.97 Å². The zero-order chi connectivity index (χ0) is 14.5. The lowest BCUT2D eigenvalue weighted by Gasteiger charge is -2.08. The fourth-order valence-corrected chi connectivity index (χ4v) is 3.33. The van der Waals surface area contributed by atoms with Crippen LogP contribution in [0.1, 0.15) is 15.9 Å². The van der Waals surface area contributed by atoms with Crippen molar-refractivity contribution in [2.75, 3.05) is 7.11 Å². The minimum Gasteiger partial charge on any atom is -0.497 e. The number of ether oxygens (including phenoxy) is 1. The number of carbonyl (C=O) groups is 1. The Labute approximate surface area is 135 Å². The zero-order valence-corrected chi connectivity index (χ0v) is 13.8. The molecule has 0 heterocycles. The predicted octanol–water partition coefficient (Wildman–Crippen LogP) is 4.29. The number of thioether (sulfide) groups is 1. The van der Waals surface area contributed by atoms with Crippen molar-refractivity contribution in [2.45, 2.75) is 10.6 Å². The zero-order valence-electron chi connectivity index (χ0n) is 10.8. The van der Waals surface area contributed by atoms with Crippen LogP contribution in [-0.4, -0.2) is 18.2 Å². The van der Waals surface area contributed by atoms with Gasteiger partial charge in [0.05, 0.1) is 12.7 Å². The first-order valence-electron chi connectivity index (χ1n) is 5.88. The van der Waals surface area contributed by atoms with Gasteiger partial charge in [0, 0.05) is 14.2 Å². The molecule has 0 aliphatic heterocycles. The number of carboxylic acid groups (broad SMARTS) is 1. The lowest BCUT2D eigenvalue weighted by Crippen LogP contribution is -1.99. The van der Waals surface area contributed by atoms with Gasteiger partial charge in [-0.25, -0.2) is 4.79 Å². The second-order valence-electron chi connectivity index (χ2n) is 4.09. The number of hydrogen-bond donors (Lipinski definition) is 1. The Bertz CT molecular complexity index is 628. The highest BCUT2D eigenvalue weighted by molar-refractivity contribution is 14.1. The minimum atomic E-state index is -0.919. The Hall–Kier alpha value is -1.21. The highest BCUT2D eigenvalue weighted by Gasteiger charge is 2.11. The molecule has 0 saturated carbocycles. The predicted molar refractivity (Wildman–Crippen MR) is 88.7 cm³/mol. The van der Waals surface area contributed by atoms with Crippen molar-refractivity contribution >= 4 is 40.3 Å². The number of methoxy groups -OCH3 is 1. The number of halogens is 1. The van der Waals surface area contributed by atoms with Crippen LogP contribution in [0.25, 0.3) is 0 Å². The number of carboxylic acids is 1. The monoisotopic (exact) mass is 400 g/mol. The summed E-state index contributed by atoms with van der Waals surface area (Å²) in [6.45, 7) is 0.